The van der Waals surface area contributed by atoms with E-state index in [-0.39, 0.29) is 23.3 Å². The number of hydrogen-bond donors (Lipinski definition) is 1. The predicted molar refractivity (Wildman–Crippen MR) is 96.5 cm³/mol. The van der Waals surface area contributed by atoms with E-state index in [0.717, 1.165) is 51.3 Å². The average Bonchev–Trinajstić information content (AvgIpc) is 2.83. The number of carboxylic acids is 1. The molecule has 5 heteroatoms. The summed E-state index contributed by atoms with van der Waals surface area (Å²) in [7, 11) is 0. The fraction of sp³-hybridized carbons (Fsp3) is 0.700. The monoisotopic (exact) mass is 346 g/mol. The zero-order valence-corrected chi connectivity index (χ0v) is 15.6. The van der Waals surface area contributed by atoms with Gasteiger partial charge in [0.2, 0.25) is 0 Å². The third kappa shape index (κ3) is 4.21. The molecule has 1 aromatic rings. The summed E-state index contributed by atoms with van der Waals surface area (Å²) >= 11 is 0. The zero-order valence-electron chi connectivity index (χ0n) is 15.6. The summed E-state index contributed by atoms with van der Waals surface area (Å²) in [6.07, 6.45) is 5.21. The van der Waals surface area contributed by atoms with Gasteiger partial charge >= 0.3 is 5.97 Å². The minimum atomic E-state index is -0.690. The number of aromatic nitrogens is 1. The molecule has 2 aliphatic rings. The van der Waals surface area contributed by atoms with E-state index in [1.165, 1.54) is 5.56 Å². The van der Waals surface area contributed by atoms with Crippen molar-refractivity contribution in [3.05, 3.63) is 29.6 Å². The molecule has 138 valence electrons. The number of nitrogens with zero attached hydrogens (tertiary/aromatic N) is 2. The molecule has 0 radical (unpaired) electrons. The Balaban J connectivity index is 1.75. The van der Waals surface area contributed by atoms with Crippen molar-refractivity contribution in [2.45, 2.75) is 64.0 Å². The normalized spacial score (nSPS) is 23.9. The second kappa shape index (κ2) is 7.04. The first-order valence-corrected chi connectivity index (χ1v) is 9.28. The Kier molecular flexibility index (Phi) is 5.16. The highest BCUT2D eigenvalue weighted by Gasteiger charge is 2.46. The molecule has 3 heterocycles. The number of likely N-dealkylation sites (tertiary alicyclic amines) is 1. The van der Waals surface area contributed by atoms with Crippen molar-refractivity contribution in [2.24, 2.45) is 5.92 Å². The van der Waals surface area contributed by atoms with Gasteiger partial charge in [-0.2, -0.15) is 0 Å². The molecule has 0 aliphatic carbocycles. The van der Waals surface area contributed by atoms with Gasteiger partial charge in [-0.1, -0.05) is 26.8 Å². The molecule has 0 saturated carbocycles. The lowest BCUT2D eigenvalue weighted by atomic mass is 9.84. The number of carboxylic acid groups (broad SMARTS) is 1. The molecule has 5 nitrogen and oxygen atoms in total. The molecular weight excluding hydrogens is 316 g/mol. The number of rotatable bonds is 4. The summed E-state index contributed by atoms with van der Waals surface area (Å²) < 4.78 is 5.57. The summed E-state index contributed by atoms with van der Waals surface area (Å²) in [5.41, 5.74) is 2.46. The predicted octanol–water partition coefficient (Wildman–Crippen LogP) is 3.22. The Labute approximate surface area is 150 Å². The van der Waals surface area contributed by atoms with Gasteiger partial charge in [0.25, 0.3) is 0 Å². The lowest BCUT2D eigenvalue weighted by Crippen LogP contribution is -2.47. The number of pyridine rings is 1. The smallest absolute Gasteiger partial charge is 0.303 e. The Morgan fingerprint density at radius 1 is 1.36 bits per heavy atom. The van der Waals surface area contributed by atoms with Crippen LogP contribution in [0.4, 0.5) is 0 Å². The highest BCUT2D eigenvalue weighted by molar-refractivity contribution is 5.67. The summed E-state index contributed by atoms with van der Waals surface area (Å²) in [6, 6.07) is 4.29. The van der Waals surface area contributed by atoms with Crippen LogP contribution in [0.1, 0.15) is 57.7 Å². The van der Waals surface area contributed by atoms with Crippen LogP contribution in [0.2, 0.25) is 0 Å². The van der Waals surface area contributed by atoms with E-state index in [1.807, 2.05) is 6.20 Å². The summed E-state index contributed by atoms with van der Waals surface area (Å²) in [4.78, 5) is 18.3. The molecule has 0 bridgehead atoms. The highest BCUT2D eigenvalue weighted by Crippen LogP contribution is 2.42. The Morgan fingerprint density at radius 2 is 2.08 bits per heavy atom. The van der Waals surface area contributed by atoms with Crippen LogP contribution in [0.5, 0.6) is 0 Å². The standard InChI is InChI=1S/C20H30N2O3/c1-19(2,3)17-5-4-15(12-21-17)13-22-14-16(10-18(23)24)11-20(22)6-8-25-9-7-20/h4-5,12,16H,6-11,13-14H2,1-3H3,(H,23,24). The number of aliphatic carboxylic acids is 1. The van der Waals surface area contributed by atoms with Gasteiger partial charge in [0.05, 0.1) is 0 Å². The molecule has 1 N–H and O–H groups in total. The number of carbonyl (C=O) groups is 1. The first-order chi connectivity index (χ1) is 11.8. The molecule has 25 heavy (non-hydrogen) atoms. The van der Waals surface area contributed by atoms with Crippen molar-refractivity contribution in [1.82, 2.24) is 9.88 Å². The van der Waals surface area contributed by atoms with Crippen molar-refractivity contribution in [3.8, 4) is 0 Å². The van der Waals surface area contributed by atoms with Crippen molar-refractivity contribution < 1.29 is 14.6 Å². The maximum Gasteiger partial charge on any atom is 0.303 e. The maximum atomic E-state index is 11.2. The maximum absolute atomic E-state index is 11.2. The largest absolute Gasteiger partial charge is 0.481 e. The minimum absolute atomic E-state index is 0.0562. The molecular formula is C20H30N2O3. The molecule has 3 rings (SSSR count). The van der Waals surface area contributed by atoms with E-state index in [2.05, 4.69) is 42.8 Å². The van der Waals surface area contributed by atoms with Gasteiger partial charge in [0.15, 0.2) is 0 Å². The fourth-order valence-electron chi connectivity index (χ4n) is 4.31. The zero-order chi connectivity index (χ0) is 18.1. The molecule has 0 amide bonds. The Bertz CT molecular complexity index is 600. The van der Waals surface area contributed by atoms with E-state index >= 15 is 0 Å². The van der Waals surface area contributed by atoms with Crippen molar-refractivity contribution in [3.63, 3.8) is 0 Å². The summed E-state index contributed by atoms with van der Waals surface area (Å²) in [5.74, 6) is -0.456. The van der Waals surface area contributed by atoms with Crippen LogP contribution >= 0.6 is 0 Å². The van der Waals surface area contributed by atoms with Gasteiger partial charge in [-0.05, 0) is 36.8 Å². The second-order valence-corrected chi connectivity index (χ2v) is 8.69. The number of ether oxygens (including phenoxy) is 1. The van der Waals surface area contributed by atoms with Gasteiger partial charge in [0.1, 0.15) is 0 Å². The molecule has 1 spiro atoms. The van der Waals surface area contributed by atoms with E-state index in [9.17, 15) is 9.90 Å². The first kappa shape index (κ1) is 18.3. The van der Waals surface area contributed by atoms with Gasteiger partial charge < -0.3 is 9.84 Å². The third-order valence-electron chi connectivity index (χ3n) is 5.67. The van der Waals surface area contributed by atoms with E-state index in [4.69, 9.17) is 4.74 Å². The van der Waals surface area contributed by atoms with E-state index < -0.39 is 5.97 Å². The number of hydrogen-bond acceptors (Lipinski definition) is 4. The third-order valence-corrected chi connectivity index (χ3v) is 5.67. The summed E-state index contributed by atoms with van der Waals surface area (Å²) in [5, 5.41) is 9.19. The molecule has 1 atom stereocenters. The second-order valence-electron chi connectivity index (χ2n) is 8.69. The van der Waals surface area contributed by atoms with Crippen LogP contribution in [0, 0.1) is 5.92 Å². The summed E-state index contributed by atoms with van der Waals surface area (Å²) in [6.45, 7) is 9.75. The lowest BCUT2D eigenvalue weighted by molar-refractivity contribution is -0.138. The molecule has 1 aromatic heterocycles. The SMILES string of the molecule is CC(C)(C)c1ccc(CN2CC(CC(=O)O)CC23CCOCC3)cn1. The van der Waals surface area contributed by atoms with Crippen LogP contribution in [0.25, 0.3) is 0 Å². The van der Waals surface area contributed by atoms with Crippen LogP contribution in [-0.4, -0.2) is 46.3 Å². The molecule has 2 aliphatic heterocycles. The van der Waals surface area contributed by atoms with Crippen LogP contribution < -0.4 is 0 Å². The van der Waals surface area contributed by atoms with Gasteiger partial charge in [-0.15, -0.1) is 0 Å². The molecule has 2 saturated heterocycles. The Hall–Kier alpha value is -1.46. The molecule has 1 unspecified atom stereocenters. The van der Waals surface area contributed by atoms with Crippen molar-refractivity contribution in [1.29, 1.82) is 0 Å². The average molecular weight is 346 g/mol. The van der Waals surface area contributed by atoms with Crippen LogP contribution in [0.15, 0.2) is 18.3 Å². The van der Waals surface area contributed by atoms with Crippen molar-refractivity contribution >= 4 is 5.97 Å². The van der Waals surface area contributed by atoms with Gasteiger partial charge in [0, 0.05) is 55.6 Å². The lowest BCUT2D eigenvalue weighted by Gasteiger charge is -2.41. The van der Waals surface area contributed by atoms with Crippen LogP contribution in [0.3, 0.4) is 0 Å². The van der Waals surface area contributed by atoms with E-state index in [0.29, 0.717) is 0 Å². The topological polar surface area (TPSA) is 62.7 Å². The van der Waals surface area contributed by atoms with E-state index in [1.54, 1.807) is 0 Å². The Morgan fingerprint density at radius 3 is 2.64 bits per heavy atom. The quantitative estimate of drug-likeness (QED) is 0.907. The highest BCUT2D eigenvalue weighted by atomic mass is 16.5. The molecule has 0 aromatic carbocycles. The van der Waals surface area contributed by atoms with Crippen molar-refractivity contribution in [2.75, 3.05) is 19.8 Å². The fourth-order valence-corrected chi connectivity index (χ4v) is 4.31. The molecule has 2 fully saturated rings. The van der Waals surface area contributed by atoms with Gasteiger partial charge in [-0.25, -0.2) is 0 Å². The van der Waals surface area contributed by atoms with Gasteiger partial charge in [-0.3, -0.25) is 14.7 Å². The first-order valence-electron chi connectivity index (χ1n) is 9.28. The minimum Gasteiger partial charge on any atom is -0.481 e. The van der Waals surface area contributed by atoms with Crippen LogP contribution in [-0.2, 0) is 21.5 Å².